The van der Waals surface area contributed by atoms with Crippen molar-refractivity contribution in [2.45, 2.75) is 40.2 Å². The highest BCUT2D eigenvalue weighted by atomic mass is 15.4. The van der Waals surface area contributed by atoms with E-state index in [9.17, 15) is 0 Å². The van der Waals surface area contributed by atoms with Crippen LogP contribution in [-0.4, -0.2) is 12.6 Å². The first-order chi connectivity index (χ1) is 4.66. The van der Waals surface area contributed by atoms with Gasteiger partial charge in [0.25, 0.3) is 0 Å². The van der Waals surface area contributed by atoms with Crippen LogP contribution in [0.15, 0.2) is 0 Å². The molecule has 0 heterocycles. The maximum atomic E-state index is 4.23. The lowest BCUT2D eigenvalue weighted by molar-refractivity contribution is 0.400. The molecule has 10 heavy (non-hydrogen) atoms. The summed E-state index contributed by atoms with van der Waals surface area (Å²) in [6.07, 6.45) is 1.12. The zero-order valence-corrected chi connectivity index (χ0v) is 7.52. The summed E-state index contributed by atoms with van der Waals surface area (Å²) in [4.78, 5) is 0. The van der Waals surface area contributed by atoms with Gasteiger partial charge in [0.1, 0.15) is 0 Å². The molecule has 0 rings (SSSR count). The second-order valence-electron chi connectivity index (χ2n) is 3.14. The van der Waals surface area contributed by atoms with Crippen molar-refractivity contribution in [1.82, 2.24) is 10.9 Å². The molecule has 0 fully saturated rings. The fourth-order valence-electron chi connectivity index (χ4n) is 0.482. The molecule has 0 aromatic heterocycles. The zero-order chi connectivity index (χ0) is 7.98. The molecule has 61 valence electrons. The van der Waals surface area contributed by atoms with E-state index in [0.29, 0.717) is 12.0 Å². The Kier molecular flexibility index (Phi) is 5.64. The third-order valence-corrected chi connectivity index (χ3v) is 1.40. The summed E-state index contributed by atoms with van der Waals surface area (Å²) in [5.74, 6) is 0.688. The number of rotatable bonds is 5. The molecule has 2 heteroatoms. The summed E-state index contributed by atoms with van der Waals surface area (Å²) >= 11 is 0. The molecule has 1 radical (unpaired) electrons. The van der Waals surface area contributed by atoms with Crippen molar-refractivity contribution in [1.29, 1.82) is 0 Å². The van der Waals surface area contributed by atoms with Crippen molar-refractivity contribution < 1.29 is 0 Å². The van der Waals surface area contributed by atoms with Crippen LogP contribution in [0.25, 0.3) is 0 Å². The van der Waals surface area contributed by atoms with Gasteiger partial charge in [0, 0.05) is 12.6 Å². The predicted octanol–water partition coefficient (Wildman–Crippen LogP) is 1.55. The Morgan fingerprint density at radius 1 is 1.30 bits per heavy atom. The van der Waals surface area contributed by atoms with Gasteiger partial charge >= 0.3 is 0 Å². The summed E-state index contributed by atoms with van der Waals surface area (Å²) < 4.78 is 0. The van der Waals surface area contributed by atoms with Gasteiger partial charge in [0.15, 0.2) is 0 Å². The van der Waals surface area contributed by atoms with Crippen LogP contribution in [0.1, 0.15) is 34.1 Å². The first kappa shape index (κ1) is 9.92. The van der Waals surface area contributed by atoms with Crippen LogP contribution in [0.3, 0.4) is 0 Å². The third-order valence-electron chi connectivity index (χ3n) is 1.40. The van der Waals surface area contributed by atoms with Gasteiger partial charge in [-0.1, -0.05) is 20.8 Å². The minimum atomic E-state index is 0.457. The monoisotopic (exact) mass is 143 g/mol. The zero-order valence-electron chi connectivity index (χ0n) is 7.52. The van der Waals surface area contributed by atoms with Crippen LogP contribution in [0.5, 0.6) is 0 Å². The van der Waals surface area contributed by atoms with E-state index in [1.54, 1.807) is 0 Å². The highest BCUT2D eigenvalue weighted by Crippen LogP contribution is 1.89. The standard InChI is InChI=1S/C8H19N2/c1-5-8(4)10-9-6-7(2)3/h7-9H,5-6H2,1-4H3. The van der Waals surface area contributed by atoms with E-state index in [4.69, 9.17) is 0 Å². The van der Waals surface area contributed by atoms with Crippen LogP contribution in [-0.2, 0) is 0 Å². The quantitative estimate of drug-likeness (QED) is 0.581. The van der Waals surface area contributed by atoms with Crippen molar-refractivity contribution >= 4 is 0 Å². The van der Waals surface area contributed by atoms with E-state index in [0.717, 1.165) is 13.0 Å². The molecule has 1 unspecified atom stereocenters. The fraction of sp³-hybridized carbons (Fsp3) is 1.00. The second-order valence-corrected chi connectivity index (χ2v) is 3.14. The molecule has 1 atom stereocenters. The highest BCUT2D eigenvalue weighted by Gasteiger charge is 1.98. The number of hydrogen-bond donors (Lipinski definition) is 1. The van der Waals surface area contributed by atoms with Gasteiger partial charge in [-0.05, 0) is 19.3 Å². The van der Waals surface area contributed by atoms with Gasteiger partial charge in [-0.15, -0.1) is 0 Å². The SMILES string of the molecule is CCC(C)[N]NCC(C)C. The van der Waals surface area contributed by atoms with E-state index in [1.807, 2.05) is 0 Å². The smallest absolute Gasteiger partial charge is 0.0385 e. The van der Waals surface area contributed by atoms with Gasteiger partial charge in [0.2, 0.25) is 0 Å². The van der Waals surface area contributed by atoms with Crippen molar-refractivity contribution in [3.63, 3.8) is 0 Å². The summed E-state index contributed by atoms with van der Waals surface area (Å²) in [6.45, 7) is 9.61. The number of nitrogens with one attached hydrogen (secondary N) is 1. The minimum absolute atomic E-state index is 0.457. The largest absolute Gasteiger partial charge is 0.240 e. The Labute approximate surface area is 64.4 Å². The van der Waals surface area contributed by atoms with Crippen molar-refractivity contribution in [2.24, 2.45) is 5.92 Å². The topological polar surface area (TPSA) is 26.1 Å². The molecular formula is C8H19N2. The molecule has 2 nitrogen and oxygen atoms in total. The van der Waals surface area contributed by atoms with Crippen molar-refractivity contribution in [3.05, 3.63) is 0 Å². The molecule has 0 aliphatic rings. The molecule has 0 aliphatic heterocycles. The lowest BCUT2D eigenvalue weighted by Crippen LogP contribution is -2.33. The maximum Gasteiger partial charge on any atom is 0.0385 e. The van der Waals surface area contributed by atoms with Crippen LogP contribution in [0, 0.1) is 5.92 Å². The van der Waals surface area contributed by atoms with E-state index in [2.05, 4.69) is 38.5 Å². The molecule has 0 amide bonds. The Bertz CT molecular complexity index is 71.7. The average Bonchev–Trinajstić information content (AvgIpc) is 1.87. The predicted molar refractivity (Wildman–Crippen MR) is 44.7 cm³/mol. The summed E-state index contributed by atoms with van der Waals surface area (Å²) in [6, 6.07) is 0.457. The molecule has 0 bridgehead atoms. The fourth-order valence-corrected chi connectivity index (χ4v) is 0.482. The van der Waals surface area contributed by atoms with E-state index < -0.39 is 0 Å². The molecule has 0 saturated carbocycles. The minimum Gasteiger partial charge on any atom is -0.240 e. The molecule has 0 aliphatic carbocycles. The molecule has 1 N–H and O–H groups in total. The first-order valence-corrected chi connectivity index (χ1v) is 4.09. The van der Waals surface area contributed by atoms with Crippen molar-refractivity contribution in [3.8, 4) is 0 Å². The van der Waals surface area contributed by atoms with Gasteiger partial charge < -0.3 is 0 Å². The third kappa shape index (κ3) is 6.05. The van der Waals surface area contributed by atoms with Gasteiger partial charge in [-0.2, -0.15) is 5.43 Å². The maximum absolute atomic E-state index is 4.23. The van der Waals surface area contributed by atoms with E-state index in [1.165, 1.54) is 0 Å². The Morgan fingerprint density at radius 3 is 2.30 bits per heavy atom. The Morgan fingerprint density at radius 2 is 1.90 bits per heavy atom. The van der Waals surface area contributed by atoms with Crippen LogP contribution >= 0.6 is 0 Å². The molecule has 0 aromatic rings. The first-order valence-electron chi connectivity index (χ1n) is 4.09. The molecule has 0 aromatic carbocycles. The highest BCUT2D eigenvalue weighted by molar-refractivity contribution is 4.53. The molecule has 0 saturated heterocycles. The Hall–Kier alpha value is -0.0800. The second kappa shape index (κ2) is 5.69. The molecular weight excluding hydrogens is 124 g/mol. The van der Waals surface area contributed by atoms with Crippen molar-refractivity contribution in [2.75, 3.05) is 6.54 Å². The number of hydrogen-bond acceptors (Lipinski definition) is 1. The van der Waals surface area contributed by atoms with Gasteiger partial charge in [0.05, 0.1) is 0 Å². The Balaban J connectivity index is 3.03. The van der Waals surface area contributed by atoms with Gasteiger partial charge in [-0.3, -0.25) is 0 Å². The lowest BCUT2D eigenvalue weighted by Gasteiger charge is -2.10. The summed E-state index contributed by atoms with van der Waals surface area (Å²) in [5.41, 5.74) is 7.29. The summed E-state index contributed by atoms with van der Waals surface area (Å²) in [7, 11) is 0. The van der Waals surface area contributed by atoms with E-state index >= 15 is 0 Å². The van der Waals surface area contributed by atoms with Crippen LogP contribution in [0.2, 0.25) is 0 Å². The summed E-state index contributed by atoms with van der Waals surface area (Å²) in [5, 5.41) is 0. The normalized spacial score (nSPS) is 14.1. The number of nitrogens with zero attached hydrogens (tertiary/aromatic N) is 1. The van der Waals surface area contributed by atoms with E-state index in [-0.39, 0.29) is 0 Å². The average molecular weight is 143 g/mol. The molecule has 0 spiro atoms. The van der Waals surface area contributed by atoms with Crippen LogP contribution < -0.4 is 10.9 Å². The van der Waals surface area contributed by atoms with Gasteiger partial charge in [-0.25, -0.2) is 5.43 Å². The lowest BCUT2D eigenvalue weighted by atomic mass is 10.2. The van der Waals surface area contributed by atoms with Crippen LogP contribution in [0.4, 0.5) is 0 Å².